The lowest BCUT2D eigenvalue weighted by molar-refractivity contribution is -0.113. The van der Waals surface area contributed by atoms with Gasteiger partial charge in [-0.1, -0.05) is 18.2 Å². The second kappa shape index (κ2) is 8.52. The second-order valence-corrected chi connectivity index (χ2v) is 7.70. The molecule has 2 aliphatic rings. The largest absolute Gasteiger partial charge is 0.496 e. The van der Waals surface area contributed by atoms with E-state index in [1.54, 1.807) is 7.11 Å². The predicted molar refractivity (Wildman–Crippen MR) is 106 cm³/mol. The molecule has 0 bridgehead atoms. The van der Waals surface area contributed by atoms with E-state index in [2.05, 4.69) is 24.3 Å². The number of aliphatic hydroxyl groups excluding tert-OH is 2. The summed E-state index contributed by atoms with van der Waals surface area (Å²) in [5.41, 5.74) is 4.58. The van der Waals surface area contributed by atoms with Gasteiger partial charge in [0, 0.05) is 19.3 Å². The number of fused-ring (bicyclic) bond motifs is 1. The Bertz CT molecular complexity index is 819. The number of hydrogen-bond acceptors (Lipinski definition) is 5. The highest BCUT2D eigenvalue weighted by Gasteiger charge is 2.29. The van der Waals surface area contributed by atoms with Crippen LogP contribution >= 0.6 is 0 Å². The van der Waals surface area contributed by atoms with Crippen LogP contribution < -0.4 is 9.47 Å². The standard InChI is InChI=1S/C23H28O5/c1-26-21-7-5-17(23-13-19(25)12-20(14-24)28-23)11-18(21)10-15-4-6-22-16(9-15)3-2-8-27-22/h4-7,9,11,19-20,23-25H,2-3,8,10,12-14H2,1H3. The molecule has 0 aromatic heterocycles. The number of aryl methyl sites for hydroxylation is 1. The maximum Gasteiger partial charge on any atom is 0.122 e. The van der Waals surface area contributed by atoms with Crippen molar-refractivity contribution < 1.29 is 24.4 Å². The summed E-state index contributed by atoms with van der Waals surface area (Å²) in [6, 6.07) is 12.4. The van der Waals surface area contributed by atoms with Crippen LogP contribution in [0.25, 0.3) is 0 Å². The van der Waals surface area contributed by atoms with Crippen molar-refractivity contribution in [1.82, 2.24) is 0 Å². The molecule has 2 aromatic carbocycles. The summed E-state index contributed by atoms with van der Waals surface area (Å²) >= 11 is 0. The maximum atomic E-state index is 10.1. The van der Waals surface area contributed by atoms with Gasteiger partial charge in [0.15, 0.2) is 0 Å². The molecule has 1 fully saturated rings. The third kappa shape index (κ3) is 4.17. The number of benzene rings is 2. The SMILES string of the molecule is COc1ccc(C2CC(O)CC(CO)O2)cc1Cc1ccc2c(c1)CCCO2. The first-order chi connectivity index (χ1) is 13.7. The number of methoxy groups -OCH3 is 1. The van der Waals surface area contributed by atoms with Crippen molar-refractivity contribution in [3.8, 4) is 11.5 Å². The van der Waals surface area contributed by atoms with Gasteiger partial charge < -0.3 is 24.4 Å². The topological polar surface area (TPSA) is 68.2 Å². The first-order valence-corrected chi connectivity index (χ1v) is 10.0. The predicted octanol–water partition coefficient (Wildman–Crippen LogP) is 3.18. The van der Waals surface area contributed by atoms with Gasteiger partial charge >= 0.3 is 0 Å². The third-order valence-electron chi connectivity index (χ3n) is 5.63. The van der Waals surface area contributed by atoms with Gasteiger partial charge in [-0.3, -0.25) is 0 Å². The van der Waals surface area contributed by atoms with Gasteiger partial charge in [0.1, 0.15) is 11.5 Å². The highest BCUT2D eigenvalue weighted by atomic mass is 16.5. The quantitative estimate of drug-likeness (QED) is 0.829. The van der Waals surface area contributed by atoms with Gasteiger partial charge in [-0.2, -0.15) is 0 Å². The minimum Gasteiger partial charge on any atom is -0.496 e. The summed E-state index contributed by atoms with van der Waals surface area (Å²) in [5, 5.41) is 19.6. The van der Waals surface area contributed by atoms with Crippen LogP contribution in [0.2, 0.25) is 0 Å². The lowest BCUT2D eigenvalue weighted by Crippen LogP contribution is -2.33. The lowest BCUT2D eigenvalue weighted by atomic mass is 9.93. The summed E-state index contributed by atoms with van der Waals surface area (Å²) in [6.45, 7) is 0.720. The zero-order chi connectivity index (χ0) is 19.5. The first kappa shape index (κ1) is 19.2. The number of aliphatic hydroxyl groups is 2. The molecule has 3 atom stereocenters. The van der Waals surface area contributed by atoms with Crippen LogP contribution in [0.4, 0.5) is 0 Å². The fourth-order valence-corrected chi connectivity index (χ4v) is 4.20. The van der Waals surface area contributed by atoms with Crippen molar-refractivity contribution in [2.24, 2.45) is 0 Å². The van der Waals surface area contributed by atoms with E-state index in [4.69, 9.17) is 14.2 Å². The highest BCUT2D eigenvalue weighted by Crippen LogP contribution is 2.35. The van der Waals surface area contributed by atoms with Crippen molar-refractivity contribution in [2.75, 3.05) is 20.3 Å². The molecular weight excluding hydrogens is 356 g/mol. The average molecular weight is 384 g/mol. The molecule has 2 heterocycles. The highest BCUT2D eigenvalue weighted by molar-refractivity contribution is 5.44. The summed E-state index contributed by atoms with van der Waals surface area (Å²) in [5.74, 6) is 1.84. The van der Waals surface area contributed by atoms with E-state index in [1.165, 1.54) is 11.1 Å². The van der Waals surface area contributed by atoms with Gasteiger partial charge in [0.25, 0.3) is 0 Å². The molecule has 150 valence electrons. The molecule has 5 heteroatoms. The second-order valence-electron chi connectivity index (χ2n) is 7.70. The first-order valence-electron chi connectivity index (χ1n) is 10.0. The molecular formula is C23H28O5. The van der Waals surface area contributed by atoms with Crippen LogP contribution in [0.1, 0.15) is 47.6 Å². The fourth-order valence-electron chi connectivity index (χ4n) is 4.20. The maximum absolute atomic E-state index is 10.1. The van der Waals surface area contributed by atoms with Crippen LogP contribution in [0.15, 0.2) is 36.4 Å². The summed E-state index contributed by atoms with van der Waals surface area (Å²) < 4.78 is 17.3. The molecule has 2 aliphatic heterocycles. The van der Waals surface area contributed by atoms with Gasteiger partial charge in [-0.25, -0.2) is 0 Å². The molecule has 2 N–H and O–H groups in total. The third-order valence-corrected chi connectivity index (χ3v) is 5.63. The fraction of sp³-hybridized carbons (Fsp3) is 0.478. The van der Waals surface area contributed by atoms with Gasteiger partial charge in [0.05, 0.1) is 38.6 Å². The lowest BCUT2D eigenvalue weighted by Gasteiger charge is -2.32. The Labute approximate surface area is 165 Å². The molecule has 4 rings (SSSR count). The molecule has 0 aliphatic carbocycles. The van der Waals surface area contributed by atoms with E-state index in [0.717, 1.165) is 48.5 Å². The molecule has 1 saturated heterocycles. The van der Waals surface area contributed by atoms with Crippen molar-refractivity contribution in [3.63, 3.8) is 0 Å². The number of hydrogen-bond donors (Lipinski definition) is 2. The van der Waals surface area contributed by atoms with Crippen molar-refractivity contribution in [3.05, 3.63) is 58.7 Å². The van der Waals surface area contributed by atoms with Gasteiger partial charge in [-0.15, -0.1) is 0 Å². The van der Waals surface area contributed by atoms with Gasteiger partial charge in [0.2, 0.25) is 0 Å². The zero-order valence-electron chi connectivity index (χ0n) is 16.3. The van der Waals surface area contributed by atoms with E-state index in [1.807, 2.05) is 12.1 Å². The monoisotopic (exact) mass is 384 g/mol. The Morgan fingerprint density at radius 3 is 2.86 bits per heavy atom. The van der Waals surface area contributed by atoms with E-state index in [-0.39, 0.29) is 18.8 Å². The molecule has 2 aromatic rings. The molecule has 3 unspecified atom stereocenters. The van der Waals surface area contributed by atoms with E-state index in [9.17, 15) is 10.2 Å². The Morgan fingerprint density at radius 1 is 1.14 bits per heavy atom. The van der Waals surface area contributed by atoms with Crippen LogP contribution in [0, 0.1) is 0 Å². The summed E-state index contributed by atoms with van der Waals surface area (Å²) in [4.78, 5) is 0. The summed E-state index contributed by atoms with van der Waals surface area (Å²) in [7, 11) is 1.68. The average Bonchev–Trinajstić information content (AvgIpc) is 2.73. The molecule has 28 heavy (non-hydrogen) atoms. The van der Waals surface area contributed by atoms with Crippen LogP contribution in [0.3, 0.4) is 0 Å². The Morgan fingerprint density at radius 2 is 2.04 bits per heavy atom. The van der Waals surface area contributed by atoms with E-state index >= 15 is 0 Å². The van der Waals surface area contributed by atoms with Crippen LogP contribution in [0.5, 0.6) is 11.5 Å². The molecule has 5 nitrogen and oxygen atoms in total. The number of rotatable bonds is 5. The Hall–Kier alpha value is -2.08. The van der Waals surface area contributed by atoms with Crippen LogP contribution in [-0.4, -0.2) is 42.7 Å². The minimum absolute atomic E-state index is 0.0756. The normalized spacial score (nSPS) is 24.3. The number of ether oxygens (including phenoxy) is 3. The van der Waals surface area contributed by atoms with E-state index in [0.29, 0.717) is 12.8 Å². The van der Waals surface area contributed by atoms with Crippen molar-refractivity contribution >= 4 is 0 Å². The van der Waals surface area contributed by atoms with Crippen molar-refractivity contribution in [2.45, 2.75) is 50.4 Å². The Kier molecular flexibility index (Phi) is 5.85. The summed E-state index contributed by atoms with van der Waals surface area (Å²) in [6.07, 6.45) is 2.89. The molecule has 0 amide bonds. The smallest absolute Gasteiger partial charge is 0.122 e. The zero-order valence-corrected chi connectivity index (χ0v) is 16.3. The Balaban J connectivity index is 1.59. The minimum atomic E-state index is -0.456. The molecule has 0 saturated carbocycles. The van der Waals surface area contributed by atoms with E-state index < -0.39 is 6.10 Å². The van der Waals surface area contributed by atoms with Gasteiger partial charge in [-0.05, 0) is 53.3 Å². The van der Waals surface area contributed by atoms with Crippen LogP contribution in [-0.2, 0) is 17.6 Å². The molecule has 0 radical (unpaired) electrons. The molecule has 0 spiro atoms. The van der Waals surface area contributed by atoms with Crippen molar-refractivity contribution in [1.29, 1.82) is 0 Å².